The summed E-state index contributed by atoms with van der Waals surface area (Å²) in [6.07, 6.45) is 9.08. The molecule has 1 fully saturated rings. The number of unbranched alkanes of at least 4 members (excludes halogenated alkanes) is 3. The van der Waals surface area contributed by atoms with Crippen LogP contribution in [-0.4, -0.2) is 51.1 Å². The highest BCUT2D eigenvalue weighted by molar-refractivity contribution is 8.00. The standard InChI is InChI=1S/C32H41NO6S/c1-2-3-7-14-25(34)22-40-31-27(28(35)21-29(31)36)15-10-4-5-11-16-30(37)39-26-19-17-24(18-20-26)33-32(38)23-12-8-6-9-13-23/h4,6,8-10,12-13,17-20,25,27,29,31,34,36H,2-3,5,7,11,14-16,21-22H2,1H3,(H,33,38)/t25?,27-,29+,31+/m0/s1. The van der Waals surface area contributed by atoms with E-state index in [1.54, 1.807) is 48.5 Å². The summed E-state index contributed by atoms with van der Waals surface area (Å²) in [4.78, 5) is 36.9. The largest absolute Gasteiger partial charge is 0.427 e. The Morgan fingerprint density at radius 2 is 1.82 bits per heavy atom. The highest BCUT2D eigenvalue weighted by Gasteiger charge is 2.41. The average molecular weight is 568 g/mol. The molecule has 1 unspecified atom stereocenters. The molecule has 216 valence electrons. The second kappa shape index (κ2) is 17.0. The van der Waals surface area contributed by atoms with Gasteiger partial charge in [-0.25, -0.2) is 0 Å². The summed E-state index contributed by atoms with van der Waals surface area (Å²) < 4.78 is 5.39. The molecule has 2 aromatic rings. The number of nitrogens with one attached hydrogen (secondary N) is 1. The van der Waals surface area contributed by atoms with E-state index in [2.05, 4.69) is 12.2 Å². The molecule has 1 aliphatic rings. The minimum absolute atomic E-state index is 0.0735. The normalized spacial score (nSPS) is 19.6. The van der Waals surface area contributed by atoms with Crippen molar-refractivity contribution in [3.63, 3.8) is 0 Å². The molecule has 0 saturated heterocycles. The first-order valence-corrected chi connectivity index (χ1v) is 15.2. The van der Waals surface area contributed by atoms with Crippen molar-refractivity contribution in [3.05, 3.63) is 72.3 Å². The third-order valence-electron chi connectivity index (χ3n) is 6.91. The molecule has 1 amide bonds. The number of aliphatic hydroxyl groups is 2. The van der Waals surface area contributed by atoms with E-state index in [4.69, 9.17) is 4.74 Å². The number of thioether (sulfide) groups is 1. The monoisotopic (exact) mass is 567 g/mol. The molecule has 4 atom stereocenters. The van der Waals surface area contributed by atoms with E-state index in [0.717, 1.165) is 25.7 Å². The van der Waals surface area contributed by atoms with Gasteiger partial charge in [-0.2, -0.15) is 11.8 Å². The summed E-state index contributed by atoms with van der Waals surface area (Å²) in [5.41, 5.74) is 1.17. The van der Waals surface area contributed by atoms with Gasteiger partial charge < -0.3 is 20.3 Å². The fourth-order valence-corrected chi connectivity index (χ4v) is 6.08. The van der Waals surface area contributed by atoms with E-state index in [1.165, 1.54) is 11.8 Å². The molecule has 7 nitrogen and oxygen atoms in total. The Morgan fingerprint density at radius 1 is 1.07 bits per heavy atom. The van der Waals surface area contributed by atoms with Gasteiger partial charge in [0.25, 0.3) is 5.91 Å². The lowest BCUT2D eigenvalue weighted by Gasteiger charge is -2.21. The van der Waals surface area contributed by atoms with E-state index < -0.39 is 12.2 Å². The Hall–Kier alpha value is -2.94. The van der Waals surface area contributed by atoms with Crippen LogP contribution in [0.3, 0.4) is 0 Å². The number of carbonyl (C=O) groups excluding carboxylic acids is 3. The van der Waals surface area contributed by atoms with Crippen molar-refractivity contribution in [2.45, 2.75) is 82.2 Å². The predicted octanol–water partition coefficient (Wildman–Crippen LogP) is 5.95. The van der Waals surface area contributed by atoms with Gasteiger partial charge in [0.05, 0.1) is 12.2 Å². The van der Waals surface area contributed by atoms with E-state index in [9.17, 15) is 24.6 Å². The number of allylic oxidation sites excluding steroid dienone is 2. The molecular formula is C32H41NO6S. The highest BCUT2D eigenvalue weighted by atomic mass is 32.2. The average Bonchev–Trinajstić information content (AvgIpc) is 3.22. The van der Waals surface area contributed by atoms with Gasteiger partial charge in [-0.05, 0) is 62.1 Å². The smallest absolute Gasteiger partial charge is 0.311 e. The van der Waals surface area contributed by atoms with Gasteiger partial charge in [0, 0.05) is 41.0 Å². The van der Waals surface area contributed by atoms with Gasteiger partial charge in [0.15, 0.2) is 0 Å². The van der Waals surface area contributed by atoms with Crippen molar-refractivity contribution in [1.29, 1.82) is 0 Å². The first-order chi connectivity index (χ1) is 19.4. The number of amides is 1. The Morgan fingerprint density at radius 3 is 2.55 bits per heavy atom. The topological polar surface area (TPSA) is 113 Å². The number of esters is 1. The number of ether oxygens (including phenoxy) is 1. The number of carbonyl (C=O) groups is 3. The summed E-state index contributed by atoms with van der Waals surface area (Å²) in [6.45, 7) is 2.13. The van der Waals surface area contributed by atoms with Gasteiger partial charge in [-0.3, -0.25) is 14.4 Å². The van der Waals surface area contributed by atoms with Gasteiger partial charge in [-0.1, -0.05) is 56.5 Å². The maximum Gasteiger partial charge on any atom is 0.311 e. The van der Waals surface area contributed by atoms with Crippen LogP contribution in [0.4, 0.5) is 5.69 Å². The second-order valence-corrected chi connectivity index (χ2v) is 11.4. The summed E-state index contributed by atoms with van der Waals surface area (Å²) in [6, 6.07) is 15.6. The number of hydrogen-bond donors (Lipinski definition) is 3. The molecule has 0 radical (unpaired) electrons. The third-order valence-corrected chi connectivity index (χ3v) is 8.51. The zero-order chi connectivity index (χ0) is 28.7. The van der Waals surface area contributed by atoms with E-state index in [0.29, 0.717) is 42.0 Å². The van der Waals surface area contributed by atoms with Crippen molar-refractivity contribution >= 4 is 35.1 Å². The van der Waals surface area contributed by atoms with Crippen molar-refractivity contribution in [3.8, 4) is 5.75 Å². The lowest BCUT2D eigenvalue weighted by Crippen LogP contribution is -2.25. The molecule has 2 aromatic carbocycles. The maximum atomic E-state index is 12.4. The van der Waals surface area contributed by atoms with Crippen LogP contribution in [0.25, 0.3) is 0 Å². The quantitative estimate of drug-likeness (QED) is 0.0994. The molecule has 1 saturated carbocycles. The van der Waals surface area contributed by atoms with Crippen LogP contribution in [0.5, 0.6) is 5.75 Å². The van der Waals surface area contributed by atoms with Crippen molar-refractivity contribution in [2.75, 3.05) is 11.1 Å². The predicted molar refractivity (Wildman–Crippen MR) is 160 cm³/mol. The van der Waals surface area contributed by atoms with E-state index in [-0.39, 0.29) is 41.7 Å². The van der Waals surface area contributed by atoms with Crippen LogP contribution in [0.1, 0.15) is 75.1 Å². The SMILES string of the molecule is CCCCCC(O)CS[C@H]1[C@H](O)CC(=O)[C@@H]1CC=CCCCC(=O)Oc1ccc(NC(=O)c2ccccc2)cc1. The van der Waals surface area contributed by atoms with Crippen LogP contribution in [0.15, 0.2) is 66.7 Å². The minimum Gasteiger partial charge on any atom is -0.427 e. The summed E-state index contributed by atoms with van der Waals surface area (Å²) in [5, 5.41) is 23.2. The molecule has 1 aliphatic carbocycles. The van der Waals surface area contributed by atoms with Crippen molar-refractivity contribution < 1.29 is 29.3 Å². The zero-order valence-electron chi connectivity index (χ0n) is 23.2. The summed E-state index contributed by atoms with van der Waals surface area (Å²) in [5.74, 6) is 0.228. The number of hydrogen-bond acceptors (Lipinski definition) is 7. The Kier molecular flexibility index (Phi) is 13.4. The number of anilines is 1. The molecule has 0 aromatic heterocycles. The van der Waals surface area contributed by atoms with Crippen molar-refractivity contribution in [1.82, 2.24) is 0 Å². The van der Waals surface area contributed by atoms with Crippen LogP contribution in [0.2, 0.25) is 0 Å². The number of benzene rings is 2. The summed E-state index contributed by atoms with van der Waals surface area (Å²) >= 11 is 1.51. The Balaban J connectivity index is 1.34. The van der Waals surface area contributed by atoms with Gasteiger partial charge >= 0.3 is 5.97 Å². The van der Waals surface area contributed by atoms with Gasteiger partial charge in [0.2, 0.25) is 0 Å². The number of Topliss-reactive ketones (excluding diaryl/α,β-unsaturated/α-hetero) is 1. The van der Waals surface area contributed by atoms with E-state index >= 15 is 0 Å². The molecule has 40 heavy (non-hydrogen) atoms. The molecule has 3 N–H and O–H groups in total. The molecule has 0 aliphatic heterocycles. The number of aliphatic hydroxyl groups excluding tert-OH is 2. The lowest BCUT2D eigenvalue weighted by atomic mass is 10.0. The molecule has 8 heteroatoms. The molecular weight excluding hydrogens is 526 g/mol. The first kappa shape index (κ1) is 31.6. The Bertz CT molecular complexity index is 1100. The molecule has 0 bridgehead atoms. The fraction of sp³-hybridized carbons (Fsp3) is 0.469. The zero-order valence-corrected chi connectivity index (χ0v) is 24.0. The minimum atomic E-state index is -0.664. The fourth-order valence-electron chi connectivity index (χ4n) is 4.66. The van der Waals surface area contributed by atoms with Gasteiger partial charge in [-0.15, -0.1) is 0 Å². The molecule has 0 spiro atoms. The molecule has 0 heterocycles. The first-order valence-electron chi connectivity index (χ1n) is 14.2. The second-order valence-electron chi connectivity index (χ2n) is 10.2. The number of ketones is 1. The van der Waals surface area contributed by atoms with Crippen LogP contribution >= 0.6 is 11.8 Å². The van der Waals surface area contributed by atoms with Crippen LogP contribution < -0.4 is 10.1 Å². The van der Waals surface area contributed by atoms with E-state index in [1.807, 2.05) is 18.2 Å². The highest BCUT2D eigenvalue weighted by Crippen LogP contribution is 2.36. The number of rotatable bonds is 16. The van der Waals surface area contributed by atoms with Crippen molar-refractivity contribution in [2.24, 2.45) is 5.92 Å². The molecule has 3 rings (SSSR count). The van der Waals surface area contributed by atoms with Gasteiger partial charge in [0.1, 0.15) is 11.5 Å². The Labute approximate surface area is 241 Å². The van der Waals surface area contributed by atoms with Crippen LogP contribution in [-0.2, 0) is 9.59 Å². The maximum absolute atomic E-state index is 12.4. The summed E-state index contributed by atoms with van der Waals surface area (Å²) in [7, 11) is 0. The third kappa shape index (κ3) is 10.6. The lowest BCUT2D eigenvalue weighted by molar-refractivity contribution is -0.134. The van der Waals surface area contributed by atoms with Crippen LogP contribution in [0, 0.1) is 5.92 Å².